The highest BCUT2D eigenvalue weighted by atomic mass is 16.2. The van der Waals surface area contributed by atoms with Gasteiger partial charge in [0.05, 0.1) is 5.69 Å². The number of imidazole rings is 1. The predicted octanol–water partition coefficient (Wildman–Crippen LogP) is 2.49. The van der Waals surface area contributed by atoms with E-state index < -0.39 is 5.91 Å². The number of nitrogens with one attached hydrogen (secondary N) is 1. The highest BCUT2D eigenvalue weighted by Gasteiger charge is 2.19. The van der Waals surface area contributed by atoms with Gasteiger partial charge < -0.3 is 16.0 Å². The number of hydrogen-bond donors (Lipinski definition) is 2. The molecule has 0 aliphatic rings. The second kappa shape index (κ2) is 8.99. The van der Waals surface area contributed by atoms with Crippen LogP contribution in [0.15, 0.2) is 67.0 Å². The van der Waals surface area contributed by atoms with Crippen molar-refractivity contribution >= 4 is 17.5 Å². The summed E-state index contributed by atoms with van der Waals surface area (Å²) in [4.78, 5) is 35.8. The zero-order chi connectivity index (χ0) is 22.7. The van der Waals surface area contributed by atoms with E-state index in [-0.39, 0.29) is 17.2 Å². The number of aromatic nitrogens is 3. The first kappa shape index (κ1) is 21.2. The Kier molecular flexibility index (Phi) is 5.96. The fourth-order valence-electron chi connectivity index (χ4n) is 3.57. The fourth-order valence-corrected chi connectivity index (χ4v) is 3.57. The van der Waals surface area contributed by atoms with Gasteiger partial charge in [-0.15, -0.1) is 0 Å². The van der Waals surface area contributed by atoms with E-state index in [0.717, 1.165) is 23.2 Å². The molecular formula is C24H24N6O2. The van der Waals surface area contributed by atoms with Crippen LogP contribution in [0.3, 0.4) is 0 Å². The number of amides is 2. The summed E-state index contributed by atoms with van der Waals surface area (Å²) in [5.41, 5.74) is 9.60. The third-order valence-corrected chi connectivity index (χ3v) is 5.08. The van der Waals surface area contributed by atoms with Crippen LogP contribution in [0.4, 0.5) is 0 Å². The number of carbonyl (C=O) groups is 2. The Hall–Kier alpha value is -4.04. The van der Waals surface area contributed by atoms with E-state index in [1.165, 1.54) is 10.7 Å². The normalized spacial score (nSPS) is 11.1. The van der Waals surface area contributed by atoms with Gasteiger partial charge in [0.15, 0.2) is 11.3 Å². The molecule has 0 unspecified atom stereocenters. The van der Waals surface area contributed by atoms with Gasteiger partial charge in [0.2, 0.25) is 0 Å². The van der Waals surface area contributed by atoms with Gasteiger partial charge in [-0.1, -0.05) is 54.6 Å². The average Bonchev–Trinajstić information content (AvgIpc) is 3.22. The van der Waals surface area contributed by atoms with Gasteiger partial charge in [-0.05, 0) is 31.3 Å². The summed E-state index contributed by atoms with van der Waals surface area (Å²) in [6.07, 6.45) is 1.39. The third-order valence-electron chi connectivity index (χ3n) is 5.08. The summed E-state index contributed by atoms with van der Waals surface area (Å²) in [5.74, 6) is -1.00. The molecule has 0 fully saturated rings. The van der Waals surface area contributed by atoms with Gasteiger partial charge in [0.1, 0.15) is 12.0 Å². The van der Waals surface area contributed by atoms with Gasteiger partial charge in [0.25, 0.3) is 11.8 Å². The van der Waals surface area contributed by atoms with Crippen LogP contribution in [0, 0.1) is 0 Å². The average molecular weight is 428 g/mol. The Balaban J connectivity index is 1.70. The van der Waals surface area contributed by atoms with Crippen LogP contribution in [-0.2, 0) is 13.1 Å². The summed E-state index contributed by atoms with van der Waals surface area (Å²) in [5, 5.41) is 2.99. The molecule has 4 aromatic rings. The van der Waals surface area contributed by atoms with Crippen molar-refractivity contribution in [1.82, 2.24) is 24.6 Å². The molecule has 2 amide bonds. The highest BCUT2D eigenvalue weighted by molar-refractivity contribution is 5.99. The second-order valence-electron chi connectivity index (χ2n) is 7.73. The minimum Gasteiger partial charge on any atom is -0.364 e. The van der Waals surface area contributed by atoms with E-state index in [2.05, 4.69) is 26.3 Å². The molecule has 0 atom stereocenters. The quantitative estimate of drug-likeness (QED) is 0.470. The molecule has 0 saturated carbocycles. The van der Waals surface area contributed by atoms with Crippen LogP contribution >= 0.6 is 0 Å². The molecular weight excluding hydrogens is 404 g/mol. The molecule has 0 saturated heterocycles. The molecule has 2 aromatic carbocycles. The van der Waals surface area contributed by atoms with Crippen molar-refractivity contribution in [3.63, 3.8) is 0 Å². The van der Waals surface area contributed by atoms with Crippen molar-refractivity contribution in [2.45, 2.75) is 13.1 Å². The smallest absolute Gasteiger partial charge is 0.271 e. The number of nitrogens with two attached hydrogens (primary N) is 1. The first-order valence-corrected chi connectivity index (χ1v) is 10.2. The maximum Gasteiger partial charge on any atom is 0.271 e. The lowest BCUT2D eigenvalue weighted by Crippen LogP contribution is -2.26. The van der Waals surface area contributed by atoms with Crippen LogP contribution in [0.2, 0.25) is 0 Å². The zero-order valence-corrected chi connectivity index (χ0v) is 17.9. The van der Waals surface area contributed by atoms with Gasteiger partial charge >= 0.3 is 0 Å². The van der Waals surface area contributed by atoms with E-state index >= 15 is 0 Å². The van der Waals surface area contributed by atoms with Gasteiger partial charge in [-0.2, -0.15) is 0 Å². The molecule has 32 heavy (non-hydrogen) atoms. The van der Waals surface area contributed by atoms with Crippen LogP contribution in [0.25, 0.3) is 16.9 Å². The Bertz CT molecular complexity index is 1280. The topological polar surface area (TPSA) is 106 Å². The van der Waals surface area contributed by atoms with Gasteiger partial charge in [-0.3, -0.25) is 14.0 Å². The zero-order valence-electron chi connectivity index (χ0n) is 17.9. The number of hydrogen-bond acceptors (Lipinski definition) is 5. The highest BCUT2D eigenvalue weighted by Crippen LogP contribution is 2.21. The molecule has 4 rings (SSSR count). The molecule has 0 aliphatic carbocycles. The molecule has 162 valence electrons. The minimum absolute atomic E-state index is 0.0214. The molecule has 8 nitrogen and oxygen atoms in total. The first-order valence-electron chi connectivity index (χ1n) is 10.2. The number of rotatable bonds is 7. The van der Waals surface area contributed by atoms with Crippen molar-refractivity contribution in [2.75, 3.05) is 14.1 Å². The van der Waals surface area contributed by atoms with Crippen LogP contribution in [0.1, 0.15) is 32.1 Å². The summed E-state index contributed by atoms with van der Waals surface area (Å²) < 4.78 is 1.49. The van der Waals surface area contributed by atoms with Crippen molar-refractivity contribution < 1.29 is 9.59 Å². The predicted molar refractivity (Wildman–Crippen MR) is 122 cm³/mol. The standard InChI is InChI=1S/C24H24N6O2/c1-29(2)14-18-11-7-6-10-17(18)13-26-24(32)20-12-19(16-8-4-3-5-9-16)28-23-21(22(25)31)27-15-30(20)23/h3-12,15H,13-14H2,1-2H3,(H2,25,31)(H,26,32). The summed E-state index contributed by atoms with van der Waals surface area (Å²) in [6.45, 7) is 1.14. The number of primary amides is 1. The number of nitrogens with zero attached hydrogens (tertiary/aromatic N) is 4. The fraction of sp³-hybridized carbons (Fsp3) is 0.167. The Labute approximate surface area is 185 Å². The molecule has 0 spiro atoms. The molecule has 2 aromatic heterocycles. The third kappa shape index (κ3) is 4.35. The van der Waals surface area contributed by atoms with E-state index in [9.17, 15) is 9.59 Å². The van der Waals surface area contributed by atoms with Crippen molar-refractivity contribution in [1.29, 1.82) is 0 Å². The number of carbonyl (C=O) groups excluding carboxylic acids is 2. The van der Waals surface area contributed by atoms with Crippen LogP contribution < -0.4 is 11.1 Å². The van der Waals surface area contributed by atoms with Crippen LogP contribution in [0.5, 0.6) is 0 Å². The molecule has 8 heteroatoms. The summed E-state index contributed by atoms with van der Waals surface area (Å²) in [7, 11) is 4.01. The lowest BCUT2D eigenvalue weighted by molar-refractivity contribution is 0.0942. The van der Waals surface area contributed by atoms with Gasteiger partial charge in [0, 0.05) is 18.7 Å². The molecule has 2 heterocycles. The maximum atomic E-state index is 13.2. The SMILES string of the molecule is CN(C)Cc1ccccc1CNC(=O)c1cc(-c2ccccc2)nc2c(C(N)=O)ncn12. The maximum absolute atomic E-state index is 13.2. The molecule has 0 bridgehead atoms. The number of benzene rings is 2. The largest absolute Gasteiger partial charge is 0.364 e. The number of fused-ring (bicyclic) bond motifs is 1. The molecule has 0 radical (unpaired) electrons. The minimum atomic E-state index is -0.700. The van der Waals surface area contributed by atoms with E-state index in [0.29, 0.717) is 17.9 Å². The summed E-state index contributed by atoms with van der Waals surface area (Å²) in [6, 6.07) is 19.1. The Morgan fingerprint density at radius 2 is 1.72 bits per heavy atom. The lowest BCUT2D eigenvalue weighted by Gasteiger charge is -2.15. The first-order chi connectivity index (χ1) is 15.4. The van der Waals surface area contributed by atoms with E-state index in [4.69, 9.17) is 5.73 Å². The van der Waals surface area contributed by atoms with E-state index in [1.54, 1.807) is 6.07 Å². The summed E-state index contributed by atoms with van der Waals surface area (Å²) >= 11 is 0. The van der Waals surface area contributed by atoms with E-state index in [1.807, 2.05) is 62.6 Å². The van der Waals surface area contributed by atoms with Crippen molar-refractivity contribution in [2.24, 2.45) is 5.73 Å². The van der Waals surface area contributed by atoms with Crippen LogP contribution in [-0.4, -0.2) is 45.2 Å². The van der Waals surface area contributed by atoms with Crippen molar-refractivity contribution in [3.05, 3.63) is 89.5 Å². The van der Waals surface area contributed by atoms with Gasteiger partial charge in [-0.25, -0.2) is 9.97 Å². The lowest BCUT2D eigenvalue weighted by atomic mass is 10.1. The Morgan fingerprint density at radius 3 is 2.41 bits per heavy atom. The molecule has 0 aliphatic heterocycles. The monoisotopic (exact) mass is 428 g/mol. The molecule has 3 N–H and O–H groups in total. The van der Waals surface area contributed by atoms with Crippen molar-refractivity contribution in [3.8, 4) is 11.3 Å². The second-order valence-corrected chi connectivity index (χ2v) is 7.73. The Morgan fingerprint density at radius 1 is 1.03 bits per heavy atom.